The number of hydrogen-bond acceptors (Lipinski definition) is 5. The molecule has 6 rings (SSSR count). The van der Waals surface area contributed by atoms with Gasteiger partial charge in [-0.25, -0.2) is 0 Å². The number of H-pyrrole nitrogens is 1. The molecule has 1 N–H and O–H groups in total. The number of piperidine rings is 1. The molecule has 1 saturated heterocycles. The average molecular weight is 660 g/mol. The number of aliphatic imine (C=N–C) groups is 1. The molecule has 0 atom stereocenters. The number of aromatic nitrogens is 1. The summed E-state index contributed by atoms with van der Waals surface area (Å²) in [4.78, 5) is 22.9. The Morgan fingerprint density at radius 2 is 1.74 bits per heavy atom. The van der Waals surface area contributed by atoms with Crippen LogP contribution in [0.1, 0.15) is 46.6 Å². The van der Waals surface area contributed by atoms with Gasteiger partial charge >= 0.3 is 12.4 Å². The summed E-state index contributed by atoms with van der Waals surface area (Å²) < 4.78 is 90.6. The van der Waals surface area contributed by atoms with Gasteiger partial charge in [0.1, 0.15) is 6.61 Å². The average Bonchev–Trinajstić information content (AvgIpc) is 3.62. The zero-order chi connectivity index (χ0) is 32.6. The second-order valence-corrected chi connectivity index (χ2v) is 11.9. The number of hydrogen-bond donors (Lipinski definition) is 1. The molecular weight excluding hydrogens is 632 g/mol. The van der Waals surface area contributed by atoms with Crippen LogP contribution in [0.4, 0.5) is 26.3 Å². The molecular formula is C33H27F6N3O3S. The number of methoxy groups -OCH3 is 1. The van der Waals surface area contributed by atoms with Crippen molar-refractivity contribution in [1.29, 1.82) is 0 Å². The number of halogens is 6. The molecule has 0 unspecified atom stereocenters. The molecule has 2 aliphatic heterocycles. The Hall–Kier alpha value is -4.39. The van der Waals surface area contributed by atoms with Crippen LogP contribution in [0.5, 0.6) is 11.5 Å². The predicted molar refractivity (Wildman–Crippen MR) is 164 cm³/mol. The summed E-state index contributed by atoms with van der Waals surface area (Å²) in [6.07, 6.45) is -4.37. The van der Waals surface area contributed by atoms with Crippen molar-refractivity contribution in [3.8, 4) is 11.5 Å². The standard InChI is InChI=1S/C33H27F6N3O3S/c1-44-28-14-19(6-9-27(28)45-18-21-7-8-22(32(34,35)36)16-25(21)33(37,38)39)15-29-30(43)41-31(46-29)42-12-10-20(11-13-42)24-17-40-26-5-3-2-4-23(24)26/h2-9,14-17,20,40H,10-13,18H2,1H3. The Bertz CT molecular complexity index is 1840. The van der Waals surface area contributed by atoms with Crippen molar-refractivity contribution in [2.45, 2.75) is 37.7 Å². The molecule has 4 aromatic rings. The Balaban J connectivity index is 1.11. The van der Waals surface area contributed by atoms with E-state index < -0.39 is 35.6 Å². The van der Waals surface area contributed by atoms with Crippen LogP contribution in [0.2, 0.25) is 0 Å². The maximum atomic E-state index is 13.5. The lowest BCUT2D eigenvalue weighted by Crippen LogP contribution is -2.35. The minimum Gasteiger partial charge on any atom is -0.493 e. The predicted octanol–water partition coefficient (Wildman–Crippen LogP) is 8.64. The van der Waals surface area contributed by atoms with Crippen LogP contribution < -0.4 is 9.47 Å². The van der Waals surface area contributed by atoms with Crippen LogP contribution in [0.25, 0.3) is 17.0 Å². The highest BCUT2D eigenvalue weighted by molar-refractivity contribution is 8.18. The topological polar surface area (TPSA) is 66.9 Å². The molecule has 1 fully saturated rings. The van der Waals surface area contributed by atoms with Crippen LogP contribution in [0, 0.1) is 0 Å². The third kappa shape index (κ3) is 6.60. The van der Waals surface area contributed by atoms with Gasteiger partial charge in [-0.05, 0) is 78.1 Å². The van der Waals surface area contributed by atoms with Crippen molar-refractivity contribution < 1.29 is 40.6 Å². The van der Waals surface area contributed by atoms with Crippen molar-refractivity contribution in [3.05, 3.63) is 99.6 Å². The van der Waals surface area contributed by atoms with Crippen molar-refractivity contribution in [1.82, 2.24) is 9.88 Å². The summed E-state index contributed by atoms with van der Waals surface area (Å²) >= 11 is 1.28. The highest BCUT2D eigenvalue weighted by Gasteiger charge is 2.38. The molecule has 46 heavy (non-hydrogen) atoms. The van der Waals surface area contributed by atoms with Crippen molar-refractivity contribution in [3.63, 3.8) is 0 Å². The summed E-state index contributed by atoms with van der Waals surface area (Å²) in [6, 6.07) is 14.2. The van der Waals surface area contributed by atoms with Crippen molar-refractivity contribution in [2.24, 2.45) is 4.99 Å². The molecule has 3 aromatic carbocycles. The van der Waals surface area contributed by atoms with Crippen LogP contribution in [-0.2, 0) is 23.8 Å². The number of amides is 1. The number of alkyl halides is 6. The minimum atomic E-state index is -5.01. The molecule has 0 bridgehead atoms. The number of benzene rings is 3. The minimum absolute atomic E-state index is 0.0732. The fraction of sp³-hybridized carbons (Fsp3) is 0.273. The maximum Gasteiger partial charge on any atom is 0.416 e. The van der Waals surface area contributed by atoms with Gasteiger partial charge in [0, 0.05) is 35.8 Å². The van der Waals surface area contributed by atoms with E-state index in [9.17, 15) is 31.1 Å². The zero-order valence-electron chi connectivity index (χ0n) is 24.3. The monoisotopic (exact) mass is 659 g/mol. The molecule has 1 amide bonds. The van der Waals surface area contributed by atoms with E-state index >= 15 is 0 Å². The Labute approximate surface area is 264 Å². The van der Waals surface area contributed by atoms with Gasteiger partial charge < -0.3 is 19.4 Å². The molecule has 0 radical (unpaired) electrons. The summed E-state index contributed by atoms with van der Waals surface area (Å²) in [7, 11) is 1.34. The molecule has 3 heterocycles. The fourth-order valence-electron chi connectivity index (χ4n) is 5.69. The summed E-state index contributed by atoms with van der Waals surface area (Å²) in [5.41, 5.74) is -0.314. The van der Waals surface area contributed by atoms with Gasteiger partial charge in [-0.2, -0.15) is 31.3 Å². The molecule has 13 heteroatoms. The fourth-order valence-corrected chi connectivity index (χ4v) is 6.65. The summed E-state index contributed by atoms with van der Waals surface area (Å²) in [6.45, 7) is 0.864. The number of nitrogens with zero attached hydrogens (tertiary/aromatic N) is 2. The summed E-state index contributed by atoms with van der Waals surface area (Å²) in [5.74, 6) is 0.279. The number of para-hydroxylation sites is 1. The van der Waals surface area contributed by atoms with Gasteiger partial charge in [0.25, 0.3) is 5.91 Å². The molecule has 240 valence electrons. The number of amidine groups is 1. The molecule has 2 aliphatic rings. The van der Waals surface area contributed by atoms with Gasteiger partial charge in [0.15, 0.2) is 16.7 Å². The molecule has 0 aliphatic carbocycles. The van der Waals surface area contributed by atoms with Crippen LogP contribution >= 0.6 is 11.8 Å². The number of thioether (sulfide) groups is 1. The highest BCUT2D eigenvalue weighted by atomic mass is 32.2. The quantitative estimate of drug-likeness (QED) is 0.166. The number of carbonyl (C=O) groups is 1. The van der Waals surface area contributed by atoms with E-state index in [0.29, 0.717) is 27.6 Å². The molecule has 0 saturated carbocycles. The summed E-state index contributed by atoms with van der Waals surface area (Å²) in [5, 5.41) is 1.86. The lowest BCUT2D eigenvalue weighted by molar-refractivity contribution is -0.143. The normalized spacial score (nSPS) is 17.2. The Kier molecular flexibility index (Phi) is 8.53. The SMILES string of the molecule is COc1cc(C=C2SC(N3CCC(c4c[nH]c5ccccc45)CC3)=NC2=O)ccc1OCc1ccc(C(F)(F)F)cc1C(F)(F)F. The number of fused-ring (bicyclic) bond motifs is 1. The van der Waals surface area contributed by atoms with Crippen LogP contribution in [0.3, 0.4) is 0 Å². The smallest absolute Gasteiger partial charge is 0.416 e. The number of ether oxygens (including phenoxy) is 2. The van der Waals surface area contributed by atoms with E-state index in [2.05, 4.69) is 33.2 Å². The maximum absolute atomic E-state index is 13.5. The van der Waals surface area contributed by atoms with Crippen molar-refractivity contribution >= 4 is 39.8 Å². The first-order valence-electron chi connectivity index (χ1n) is 14.3. The van der Waals surface area contributed by atoms with E-state index in [1.54, 1.807) is 18.2 Å². The van der Waals surface area contributed by atoms with Gasteiger partial charge in [0.2, 0.25) is 0 Å². The number of aromatic amines is 1. The van der Waals surface area contributed by atoms with Crippen LogP contribution in [0.15, 0.2) is 76.8 Å². The van der Waals surface area contributed by atoms with E-state index in [-0.39, 0.29) is 23.5 Å². The largest absolute Gasteiger partial charge is 0.493 e. The molecule has 6 nitrogen and oxygen atoms in total. The van der Waals surface area contributed by atoms with Gasteiger partial charge in [0.05, 0.1) is 23.1 Å². The van der Waals surface area contributed by atoms with E-state index in [4.69, 9.17) is 9.47 Å². The molecule has 0 spiro atoms. The third-order valence-corrected chi connectivity index (χ3v) is 9.09. The number of nitrogens with one attached hydrogen (secondary N) is 1. The van der Waals surface area contributed by atoms with Gasteiger partial charge in [-0.15, -0.1) is 0 Å². The Morgan fingerprint density at radius 3 is 2.46 bits per heavy atom. The molecule has 1 aromatic heterocycles. The van der Waals surface area contributed by atoms with E-state index in [1.165, 1.54) is 35.9 Å². The first kappa shape index (κ1) is 31.6. The Morgan fingerprint density at radius 1 is 0.978 bits per heavy atom. The number of carbonyl (C=O) groups excluding carboxylic acids is 1. The van der Waals surface area contributed by atoms with Gasteiger partial charge in [-0.3, -0.25) is 4.79 Å². The van der Waals surface area contributed by atoms with E-state index in [1.807, 2.05) is 12.1 Å². The zero-order valence-corrected chi connectivity index (χ0v) is 25.2. The first-order chi connectivity index (χ1) is 21.9. The lowest BCUT2D eigenvalue weighted by atomic mass is 9.89. The highest BCUT2D eigenvalue weighted by Crippen LogP contribution is 2.40. The first-order valence-corrected chi connectivity index (χ1v) is 15.1. The van der Waals surface area contributed by atoms with Gasteiger partial charge in [-0.1, -0.05) is 30.3 Å². The second-order valence-electron chi connectivity index (χ2n) is 10.9. The van der Waals surface area contributed by atoms with E-state index in [0.717, 1.165) is 37.5 Å². The lowest BCUT2D eigenvalue weighted by Gasteiger charge is -2.32. The number of likely N-dealkylation sites (tertiary alicyclic amines) is 1. The van der Waals surface area contributed by atoms with Crippen LogP contribution in [-0.4, -0.2) is 41.2 Å². The van der Waals surface area contributed by atoms with Crippen molar-refractivity contribution in [2.75, 3.05) is 20.2 Å². The second kappa shape index (κ2) is 12.4. The third-order valence-electron chi connectivity index (χ3n) is 8.05. The number of rotatable bonds is 6.